The summed E-state index contributed by atoms with van der Waals surface area (Å²) in [5.41, 5.74) is 34.7. The summed E-state index contributed by atoms with van der Waals surface area (Å²) in [4.78, 5) is 0. The number of hydrogen-bond donors (Lipinski definition) is 0. The molecule has 13 aromatic rings. The van der Waals surface area contributed by atoms with Gasteiger partial charge in [-0.15, -0.1) is 0 Å². The Hall–Kier alpha value is -10.1. The SMILES string of the molecule is CC1(C)c2cc(-c3ccc(-c4ccc5c(c4)C(C)(C)c4cc(-c6c(-c7ccccc7)c(-c7ccccc7)cc(-c7ccccc7)c6-c6ccccc6)ccc4-5)cc3)ccc2-c2ccc(-c3cc(-c4ccccc4)cc(-c4ccccc4)c3)cc21. The van der Waals surface area contributed by atoms with Gasteiger partial charge in [-0.25, -0.2) is 0 Å². The summed E-state index contributed by atoms with van der Waals surface area (Å²) in [5, 5.41) is 0. The van der Waals surface area contributed by atoms with Crippen molar-refractivity contribution in [1.29, 1.82) is 0 Å². The first kappa shape index (κ1) is 50.8. The first-order chi connectivity index (χ1) is 41.2. The molecule has 0 nitrogen and oxygen atoms in total. The summed E-state index contributed by atoms with van der Waals surface area (Å²) in [5.74, 6) is 0. The van der Waals surface area contributed by atoms with Gasteiger partial charge in [0.1, 0.15) is 0 Å². The van der Waals surface area contributed by atoms with Crippen molar-refractivity contribution in [3.05, 3.63) is 326 Å². The van der Waals surface area contributed by atoms with Gasteiger partial charge in [0.2, 0.25) is 0 Å². The van der Waals surface area contributed by atoms with Crippen LogP contribution in [0.5, 0.6) is 0 Å². The molecule has 0 aliphatic heterocycles. The van der Waals surface area contributed by atoms with Crippen LogP contribution in [0.25, 0.3) is 134 Å². The molecule has 15 rings (SSSR count). The third kappa shape index (κ3) is 8.68. The summed E-state index contributed by atoms with van der Waals surface area (Å²) in [6.45, 7) is 9.63. The van der Waals surface area contributed by atoms with Crippen molar-refractivity contribution in [3.8, 4) is 134 Å². The molecular weight excluding hydrogens is 1010 g/mol. The average Bonchev–Trinajstić information content (AvgIpc) is 3.00. The first-order valence-corrected chi connectivity index (χ1v) is 29.5. The van der Waals surface area contributed by atoms with Gasteiger partial charge >= 0.3 is 0 Å². The van der Waals surface area contributed by atoms with Crippen LogP contribution in [0.4, 0.5) is 0 Å². The van der Waals surface area contributed by atoms with E-state index in [9.17, 15) is 0 Å². The van der Waals surface area contributed by atoms with Gasteiger partial charge in [0.25, 0.3) is 0 Å². The summed E-state index contributed by atoms with van der Waals surface area (Å²) >= 11 is 0. The average molecular weight is 1070 g/mol. The molecule has 0 heterocycles. The third-order valence-corrected chi connectivity index (χ3v) is 18.3. The highest BCUT2D eigenvalue weighted by Gasteiger charge is 2.38. The number of rotatable bonds is 10. The van der Waals surface area contributed by atoms with Crippen molar-refractivity contribution < 1.29 is 0 Å². The van der Waals surface area contributed by atoms with Crippen LogP contribution in [0.2, 0.25) is 0 Å². The Morgan fingerprint density at radius 2 is 0.393 bits per heavy atom. The van der Waals surface area contributed by atoms with Crippen LogP contribution in [-0.2, 0) is 10.8 Å². The normalized spacial score (nSPS) is 13.2. The maximum atomic E-state index is 2.52. The zero-order chi connectivity index (χ0) is 56.5. The van der Waals surface area contributed by atoms with Gasteiger partial charge in [0.05, 0.1) is 0 Å². The maximum absolute atomic E-state index is 2.52. The Bertz CT molecular complexity index is 4470. The van der Waals surface area contributed by atoms with E-state index in [1.807, 2.05) is 0 Å². The van der Waals surface area contributed by atoms with Gasteiger partial charge in [-0.3, -0.25) is 0 Å². The van der Waals surface area contributed by atoms with Crippen LogP contribution >= 0.6 is 0 Å². The van der Waals surface area contributed by atoms with E-state index >= 15 is 0 Å². The molecule has 0 atom stereocenters. The minimum absolute atomic E-state index is 0.183. The van der Waals surface area contributed by atoms with Crippen LogP contribution in [-0.4, -0.2) is 0 Å². The van der Waals surface area contributed by atoms with Crippen molar-refractivity contribution in [2.75, 3.05) is 0 Å². The van der Waals surface area contributed by atoms with E-state index in [1.54, 1.807) is 0 Å². The molecule has 0 unspecified atom stereocenters. The molecule has 0 aromatic heterocycles. The van der Waals surface area contributed by atoms with E-state index in [2.05, 4.69) is 331 Å². The van der Waals surface area contributed by atoms with Gasteiger partial charge < -0.3 is 0 Å². The summed E-state index contributed by atoms with van der Waals surface area (Å²) in [6.07, 6.45) is 0. The van der Waals surface area contributed by atoms with E-state index in [4.69, 9.17) is 0 Å². The molecule has 0 heteroatoms. The molecule has 398 valence electrons. The van der Waals surface area contributed by atoms with E-state index < -0.39 is 0 Å². The smallest absolute Gasteiger partial charge is 0.0159 e. The fraction of sp³-hybridized carbons (Fsp3) is 0.0714. The largest absolute Gasteiger partial charge is 0.0622 e. The Kier molecular flexibility index (Phi) is 12.3. The summed E-state index contributed by atoms with van der Waals surface area (Å²) in [6, 6.07) is 113. The Balaban J connectivity index is 0.765. The molecule has 2 aliphatic rings. The number of benzene rings is 13. The molecule has 0 fully saturated rings. The van der Waals surface area contributed by atoms with Gasteiger partial charge in [0.15, 0.2) is 0 Å². The molecular formula is C84H62. The molecule has 84 heavy (non-hydrogen) atoms. The Morgan fingerprint density at radius 1 is 0.155 bits per heavy atom. The lowest BCUT2D eigenvalue weighted by Crippen LogP contribution is -2.15. The third-order valence-electron chi connectivity index (χ3n) is 18.3. The Morgan fingerprint density at radius 3 is 0.726 bits per heavy atom. The molecule has 0 N–H and O–H groups in total. The fourth-order valence-electron chi connectivity index (χ4n) is 13.9. The highest BCUT2D eigenvalue weighted by molar-refractivity contribution is 6.08. The predicted molar refractivity (Wildman–Crippen MR) is 356 cm³/mol. The second-order valence-electron chi connectivity index (χ2n) is 24.0. The highest BCUT2D eigenvalue weighted by atomic mass is 14.4. The molecule has 0 spiro atoms. The van der Waals surface area contributed by atoms with Gasteiger partial charge in [-0.1, -0.05) is 282 Å². The topological polar surface area (TPSA) is 0 Å². The minimum Gasteiger partial charge on any atom is -0.0622 e. The van der Waals surface area contributed by atoms with Crippen molar-refractivity contribution in [3.63, 3.8) is 0 Å². The number of hydrogen-bond acceptors (Lipinski definition) is 0. The lowest BCUT2D eigenvalue weighted by atomic mass is 9.77. The van der Waals surface area contributed by atoms with E-state index in [0.29, 0.717) is 0 Å². The molecule has 0 bridgehead atoms. The van der Waals surface area contributed by atoms with Crippen LogP contribution in [0.3, 0.4) is 0 Å². The zero-order valence-electron chi connectivity index (χ0n) is 47.9. The molecule has 2 aliphatic carbocycles. The van der Waals surface area contributed by atoms with E-state index in [-0.39, 0.29) is 10.8 Å². The van der Waals surface area contributed by atoms with Crippen LogP contribution < -0.4 is 0 Å². The van der Waals surface area contributed by atoms with Crippen molar-refractivity contribution in [1.82, 2.24) is 0 Å². The molecule has 0 radical (unpaired) electrons. The lowest BCUT2D eigenvalue weighted by Gasteiger charge is -2.26. The lowest BCUT2D eigenvalue weighted by molar-refractivity contribution is 0.660. The summed E-state index contributed by atoms with van der Waals surface area (Å²) < 4.78 is 0. The fourth-order valence-corrected chi connectivity index (χ4v) is 13.9. The maximum Gasteiger partial charge on any atom is 0.0159 e. The predicted octanol–water partition coefficient (Wildman–Crippen LogP) is 23.0. The highest BCUT2D eigenvalue weighted by Crippen LogP contribution is 2.56. The quantitative estimate of drug-likeness (QED) is 0.128. The monoisotopic (exact) mass is 1070 g/mol. The summed E-state index contributed by atoms with van der Waals surface area (Å²) in [7, 11) is 0. The van der Waals surface area contributed by atoms with Gasteiger partial charge in [-0.2, -0.15) is 0 Å². The number of fused-ring (bicyclic) bond motifs is 6. The van der Waals surface area contributed by atoms with E-state index in [1.165, 1.54) is 156 Å². The first-order valence-electron chi connectivity index (χ1n) is 29.5. The second-order valence-corrected chi connectivity index (χ2v) is 24.0. The van der Waals surface area contributed by atoms with Gasteiger partial charge in [-0.05, 0) is 204 Å². The van der Waals surface area contributed by atoms with Crippen molar-refractivity contribution in [2.24, 2.45) is 0 Å². The molecule has 0 amide bonds. The van der Waals surface area contributed by atoms with Gasteiger partial charge in [0, 0.05) is 10.8 Å². The zero-order valence-corrected chi connectivity index (χ0v) is 47.9. The van der Waals surface area contributed by atoms with Crippen LogP contribution in [0.15, 0.2) is 303 Å². The van der Waals surface area contributed by atoms with Crippen molar-refractivity contribution >= 4 is 0 Å². The standard InChI is InChI=1S/C84H62/c1-83(2)76-50-63(39-43-70(76)72-45-41-65(52-78(72)83)69-48-67(55-23-11-5-12-24-55)47-68(49-69)56-25-13-6-14-26-56)57-35-37-58(38-36-57)64-40-44-71-73-46-42-66(53-79(73)84(3,4)77(71)51-64)82-80(61-31-19-9-20-32-61)74(59-27-15-7-16-28-59)54-75(60-29-17-8-18-30-60)81(82)62-33-21-10-22-34-62/h5-54H,1-4H3. The van der Waals surface area contributed by atoms with Crippen LogP contribution in [0.1, 0.15) is 49.9 Å². The van der Waals surface area contributed by atoms with Crippen molar-refractivity contribution in [2.45, 2.75) is 38.5 Å². The minimum atomic E-state index is -0.261. The molecule has 0 saturated heterocycles. The van der Waals surface area contributed by atoms with Crippen LogP contribution in [0, 0.1) is 0 Å². The molecule has 13 aromatic carbocycles. The second kappa shape index (κ2) is 20.4. The van der Waals surface area contributed by atoms with E-state index in [0.717, 1.165) is 0 Å². The molecule has 0 saturated carbocycles. The Labute approximate surface area is 494 Å².